The first-order valence-electron chi connectivity index (χ1n) is 11.2. The molecule has 1 aliphatic heterocycles. The van der Waals surface area contributed by atoms with Crippen LogP contribution in [0.5, 0.6) is 0 Å². The lowest BCUT2D eigenvalue weighted by Gasteiger charge is -2.36. The summed E-state index contributed by atoms with van der Waals surface area (Å²) >= 11 is 1.27. The third-order valence-electron chi connectivity index (χ3n) is 6.32. The largest absolute Gasteiger partial charge is 0.375 e. The molecule has 34 heavy (non-hydrogen) atoms. The van der Waals surface area contributed by atoms with Gasteiger partial charge in [-0.05, 0) is 36.8 Å². The lowest BCUT2D eigenvalue weighted by molar-refractivity contribution is 0.249. The molecule has 0 unspecified atom stereocenters. The topological polar surface area (TPSA) is 67.4 Å². The van der Waals surface area contributed by atoms with Crippen LogP contribution >= 0.6 is 11.3 Å². The van der Waals surface area contributed by atoms with Crippen molar-refractivity contribution >= 4 is 33.1 Å². The maximum atomic E-state index is 15.3. The number of nitrogens with zero attached hydrogens (tertiary/aromatic N) is 4. The van der Waals surface area contributed by atoms with Gasteiger partial charge < -0.3 is 15.2 Å². The van der Waals surface area contributed by atoms with Crippen LogP contribution in [0.1, 0.15) is 12.5 Å². The molecule has 3 heterocycles. The van der Waals surface area contributed by atoms with E-state index in [0.717, 1.165) is 25.2 Å². The molecular weight excluding hydrogens is 456 g/mol. The molecule has 0 bridgehead atoms. The van der Waals surface area contributed by atoms with Crippen LogP contribution in [-0.4, -0.2) is 40.6 Å². The van der Waals surface area contributed by atoms with Gasteiger partial charge in [-0.25, -0.2) is 13.8 Å². The second-order valence-corrected chi connectivity index (χ2v) is 9.33. The Morgan fingerprint density at radius 2 is 1.82 bits per heavy atom. The zero-order chi connectivity index (χ0) is 23.8. The minimum atomic E-state index is -0.408. The smallest absolute Gasteiger partial charge is 0.198 e. The number of rotatable bonds is 5. The molecule has 2 N–H and O–H groups in total. The number of hydrogen-bond acceptors (Lipinski definition) is 6. The predicted octanol–water partition coefficient (Wildman–Crippen LogP) is 4.33. The highest BCUT2D eigenvalue weighted by atomic mass is 32.1. The van der Waals surface area contributed by atoms with Gasteiger partial charge in [0.05, 0.1) is 22.5 Å². The van der Waals surface area contributed by atoms with Crippen molar-refractivity contribution in [3.8, 4) is 11.3 Å². The number of benzene rings is 2. The molecule has 0 amide bonds. The number of pyridine rings is 1. The van der Waals surface area contributed by atoms with Crippen molar-refractivity contribution in [3.63, 3.8) is 0 Å². The summed E-state index contributed by atoms with van der Waals surface area (Å²) in [6, 6.07) is 9.66. The van der Waals surface area contributed by atoms with Gasteiger partial charge in [-0.1, -0.05) is 12.1 Å². The van der Waals surface area contributed by atoms with Crippen molar-refractivity contribution in [2.45, 2.75) is 20.0 Å². The number of aromatic nitrogens is 2. The number of nitrogen functional groups attached to an aromatic ring is 1. The molecule has 1 saturated heterocycles. The Kier molecular flexibility index (Phi) is 6.05. The normalized spacial score (nSPS) is 14.7. The number of nitrogens with two attached hydrogens (primary N) is 1. The third-order valence-corrected chi connectivity index (χ3v) is 6.99. The Hall–Kier alpha value is -3.30. The van der Waals surface area contributed by atoms with E-state index in [9.17, 15) is 9.18 Å². The lowest BCUT2D eigenvalue weighted by atomic mass is 10.1. The fraction of sp³-hybridized carbons (Fsp3) is 0.280. The Morgan fingerprint density at radius 3 is 2.47 bits per heavy atom. The van der Waals surface area contributed by atoms with Crippen molar-refractivity contribution in [2.24, 2.45) is 0 Å². The molecule has 4 aromatic rings. The predicted molar refractivity (Wildman–Crippen MR) is 133 cm³/mol. The zero-order valence-electron chi connectivity index (χ0n) is 18.8. The average molecular weight is 482 g/mol. The van der Waals surface area contributed by atoms with Crippen LogP contribution in [0.3, 0.4) is 0 Å². The molecule has 1 fully saturated rings. The minimum absolute atomic E-state index is 0.242. The first-order valence-corrected chi connectivity index (χ1v) is 12.1. The van der Waals surface area contributed by atoms with Gasteiger partial charge in [0, 0.05) is 56.2 Å². The van der Waals surface area contributed by atoms with Crippen LogP contribution in [0.4, 0.5) is 19.6 Å². The Balaban J connectivity index is 1.42. The van der Waals surface area contributed by atoms with Crippen LogP contribution in [0.15, 0.2) is 52.8 Å². The van der Waals surface area contributed by atoms with Gasteiger partial charge in [-0.2, -0.15) is 0 Å². The molecule has 0 spiro atoms. The van der Waals surface area contributed by atoms with Gasteiger partial charge in [0.15, 0.2) is 10.6 Å². The standard InChI is InChI=1S/C25H25F2N5OS/c1-2-31-14-19(21-15-34-25(28)29-21)24(33)18-11-20(27)23(12-22(18)31)32-9-7-30(8-10-32)13-16-3-5-17(26)6-4-16/h3-6,11-12,14-15H,2,7-10,13H2,1H3,(H2,28,29). The SMILES string of the molecule is CCn1cc(-c2csc(N)n2)c(=O)c2cc(F)c(N3CCN(Cc4ccc(F)cc4)CC3)cc21. The van der Waals surface area contributed by atoms with Gasteiger partial charge in [-0.3, -0.25) is 9.69 Å². The number of fused-ring (bicyclic) bond motifs is 1. The van der Waals surface area contributed by atoms with E-state index in [2.05, 4.69) is 9.88 Å². The van der Waals surface area contributed by atoms with E-state index in [1.807, 2.05) is 16.4 Å². The van der Waals surface area contributed by atoms with E-state index < -0.39 is 5.82 Å². The molecule has 0 radical (unpaired) electrons. The monoisotopic (exact) mass is 481 g/mol. The summed E-state index contributed by atoms with van der Waals surface area (Å²) in [6.07, 6.45) is 1.78. The number of halogens is 2. The second-order valence-electron chi connectivity index (χ2n) is 8.44. The molecule has 2 aromatic heterocycles. The van der Waals surface area contributed by atoms with Gasteiger partial charge in [0.25, 0.3) is 0 Å². The van der Waals surface area contributed by atoms with Gasteiger partial charge in [-0.15, -0.1) is 11.3 Å². The first kappa shape index (κ1) is 22.5. The van der Waals surface area contributed by atoms with E-state index in [-0.39, 0.29) is 11.2 Å². The van der Waals surface area contributed by atoms with Crippen molar-refractivity contribution in [1.82, 2.24) is 14.5 Å². The summed E-state index contributed by atoms with van der Waals surface area (Å²) in [7, 11) is 0. The van der Waals surface area contributed by atoms with Crippen molar-refractivity contribution in [3.05, 3.63) is 75.4 Å². The molecule has 0 aliphatic carbocycles. The molecule has 0 saturated carbocycles. The van der Waals surface area contributed by atoms with Crippen LogP contribution in [0.25, 0.3) is 22.2 Å². The fourth-order valence-corrected chi connectivity index (χ4v) is 5.06. The Labute approximate surface area is 199 Å². The molecular formula is C25H25F2N5OS. The van der Waals surface area contributed by atoms with E-state index >= 15 is 4.39 Å². The fourth-order valence-electron chi connectivity index (χ4n) is 4.49. The summed E-state index contributed by atoms with van der Waals surface area (Å²) in [5.74, 6) is -0.650. The van der Waals surface area contributed by atoms with Crippen molar-refractivity contribution in [2.75, 3.05) is 36.8 Å². The quantitative estimate of drug-likeness (QED) is 0.460. The van der Waals surface area contributed by atoms with E-state index in [4.69, 9.17) is 5.73 Å². The highest BCUT2D eigenvalue weighted by molar-refractivity contribution is 7.13. The number of thiazole rings is 1. The maximum absolute atomic E-state index is 15.3. The van der Waals surface area contributed by atoms with Gasteiger partial charge >= 0.3 is 0 Å². The van der Waals surface area contributed by atoms with Crippen LogP contribution in [0, 0.1) is 11.6 Å². The average Bonchev–Trinajstić information content (AvgIpc) is 3.27. The summed E-state index contributed by atoms with van der Waals surface area (Å²) in [6.45, 7) is 6.19. The first-order chi connectivity index (χ1) is 16.4. The molecule has 9 heteroatoms. The Bertz CT molecular complexity index is 1390. The van der Waals surface area contributed by atoms with Gasteiger partial charge in [0.2, 0.25) is 0 Å². The van der Waals surface area contributed by atoms with E-state index in [1.165, 1.54) is 29.5 Å². The number of anilines is 2. The molecule has 6 nitrogen and oxygen atoms in total. The Morgan fingerprint density at radius 1 is 1.09 bits per heavy atom. The number of hydrogen-bond donors (Lipinski definition) is 1. The molecule has 176 valence electrons. The molecule has 5 rings (SSSR count). The third kappa shape index (κ3) is 4.28. The highest BCUT2D eigenvalue weighted by Crippen LogP contribution is 2.29. The number of aryl methyl sites for hydroxylation is 1. The number of piperazine rings is 1. The molecule has 2 aromatic carbocycles. The summed E-state index contributed by atoms with van der Waals surface area (Å²) in [5, 5.41) is 2.47. The second kappa shape index (κ2) is 9.15. The van der Waals surface area contributed by atoms with E-state index in [1.54, 1.807) is 29.8 Å². The minimum Gasteiger partial charge on any atom is -0.375 e. The van der Waals surface area contributed by atoms with Crippen molar-refractivity contribution < 1.29 is 8.78 Å². The van der Waals surface area contributed by atoms with Crippen molar-refractivity contribution in [1.29, 1.82) is 0 Å². The maximum Gasteiger partial charge on any atom is 0.198 e. The highest BCUT2D eigenvalue weighted by Gasteiger charge is 2.22. The zero-order valence-corrected chi connectivity index (χ0v) is 19.6. The van der Waals surface area contributed by atoms with Crippen LogP contribution < -0.4 is 16.1 Å². The molecule has 0 atom stereocenters. The summed E-state index contributed by atoms with van der Waals surface area (Å²) in [4.78, 5) is 21.7. The van der Waals surface area contributed by atoms with E-state index in [0.29, 0.717) is 52.6 Å². The lowest BCUT2D eigenvalue weighted by Crippen LogP contribution is -2.46. The van der Waals surface area contributed by atoms with Crippen LogP contribution in [-0.2, 0) is 13.1 Å². The summed E-state index contributed by atoms with van der Waals surface area (Å²) < 4.78 is 30.4. The molecule has 1 aliphatic rings. The summed E-state index contributed by atoms with van der Waals surface area (Å²) in [5.41, 5.74) is 8.68. The van der Waals surface area contributed by atoms with Gasteiger partial charge in [0.1, 0.15) is 11.6 Å². The van der Waals surface area contributed by atoms with Crippen LogP contribution in [0.2, 0.25) is 0 Å².